The van der Waals surface area contributed by atoms with Crippen LogP contribution in [0.2, 0.25) is 0 Å². The highest BCUT2D eigenvalue weighted by Crippen LogP contribution is 2.40. The molecule has 140 valence electrons. The number of nitriles is 1. The molecule has 0 spiro atoms. The Morgan fingerprint density at radius 3 is 2.85 bits per heavy atom. The van der Waals surface area contributed by atoms with Crippen LogP contribution in [0.15, 0.2) is 0 Å². The summed E-state index contributed by atoms with van der Waals surface area (Å²) in [6, 6.07) is 2.33. The van der Waals surface area contributed by atoms with Gasteiger partial charge in [0.15, 0.2) is 0 Å². The SMILES string of the molecule is C[C@@H]1[C@@H](O)CCN1C(=O)NC1CCN(c2sc3c(c2C#N)CCCC3)C1. The van der Waals surface area contributed by atoms with E-state index in [2.05, 4.69) is 16.3 Å². The smallest absolute Gasteiger partial charge is 0.318 e. The average molecular weight is 375 g/mol. The molecule has 7 heteroatoms. The highest BCUT2D eigenvalue weighted by molar-refractivity contribution is 7.16. The summed E-state index contributed by atoms with van der Waals surface area (Å²) in [7, 11) is 0. The zero-order chi connectivity index (χ0) is 18.3. The highest BCUT2D eigenvalue weighted by Gasteiger charge is 2.35. The van der Waals surface area contributed by atoms with Crippen molar-refractivity contribution in [2.45, 2.75) is 63.6 Å². The van der Waals surface area contributed by atoms with Gasteiger partial charge in [-0.25, -0.2) is 4.79 Å². The minimum atomic E-state index is -0.420. The van der Waals surface area contributed by atoms with Gasteiger partial charge in [-0.3, -0.25) is 0 Å². The fraction of sp³-hybridized carbons (Fsp3) is 0.684. The van der Waals surface area contributed by atoms with E-state index in [1.807, 2.05) is 6.92 Å². The van der Waals surface area contributed by atoms with Gasteiger partial charge < -0.3 is 20.2 Å². The Kier molecular flexibility index (Phi) is 4.80. The van der Waals surface area contributed by atoms with Crippen LogP contribution in [0, 0.1) is 11.3 Å². The van der Waals surface area contributed by atoms with Crippen LogP contribution in [-0.2, 0) is 12.8 Å². The Morgan fingerprint density at radius 2 is 2.12 bits per heavy atom. The number of aliphatic hydroxyl groups is 1. The van der Waals surface area contributed by atoms with Gasteiger partial charge in [0.25, 0.3) is 0 Å². The number of amides is 2. The minimum Gasteiger partial charge on any atom is -0.391 e. The third kappa shape index (κ3) is 3.06. The molecule has 3 heterocycles. The lowest BCUT2D eigenvalue weighted by Crippen LogP contribution is -2.48. The second-order valence-electron chi connectivity index (χ2n) is 7.67. The minimum absolute atomic E-state index is 0.0770. The molecule has 2 saturated heterocycles. The van der Waals surface area contributed by atoms with Gasteiger partial charge in [-0.05, 0) is 51.0 Å². The highest BCUT2D eigenvalue weighted by atomic mass is 32.1. The van der Waals surface area contributed by atoms with Gasteiger partial charge in [0.1, 0.15) is 11.1 Å². The molecule has 1 aromatic heterocycles. The number of fused-ring (bicyclic) bond motifs is 1. The molecule has 26 heavy (non-hydrogen) atoms. The Morgan fingerprint density at radius 1 is 1.31 bits per heavy atom. The lowest BCUT2D eigenvalue weighted by Gasteiger charge is -2.25. The second kappa shape index (κ2) is 7.09. The number of rotatable bonds is 2. The first-order valence-electron chi connectivity index (χ1n) is 9.63. The van der Waals surface area contributed by atoms with E-state index in [9.17, 15) is 15.2 Å². The summed E-state index contributed by atoms with van der Waals surface area (Å²) >= 11 is 1.78. The van der Waals surface area contributed by atoms with Crippen molar-refractivity contribution < 1.29 is 9.90 Å². The number of carbonyl (C=O) groups is 1. The predicted octanol–water partition coefficient (Wildman–Crippen LogP) is 2.24. The van der Waals surface area contributed by atoms with Gasteiger partial charge in [-0.2, -0.15) is 5.26 Å². The number of nitrogens with one attached hydrogen (secondary N) is 1. The summed E-state index contributed by atoms with van der Waals surface area (Å²) in [6.45, 7) is 4.14. The number of hydrogen-bond donors (Lipinski definition) is 2. The van der Waals surface area contributed by atoms with Crippen molar-refractivity contribution >= 4 is 22.4 Å². The van der Waals surface area contributed by atoms with E-state index in [0.29, 0.717) is 13.0 Å². The molecule has 0 saturated carbocycles. The number of anilines is 1. The largest absolute Gasteiger partial charge is 0.391 e. The Hall–Kier alpha value is -1.78. The fourth-order valence-electron chi connectivity index (χ4n) is 4.42. The molecule has 6 nitrogen and oxygen atoms in total. The Labute approximate surface area is 158 Å². The molecule has 0 aromatic carbocycles. The summed E-state index contributed by atoms with van der Waals surface area (Å²) in [5.41, 5.74) is 2.14. The standard InChI is InChI=1S/C19H26N4O2S/c1-12-16(24)7-9-23(12)19(25)21-13-6-8-22(11-13)18-15(10-20)14-4-2-3-5-17(14)26-18/h12-13,16,24H,2-9,11H2,1H3,(H,21,25)/t12-,13?,16+/m1/s1. The predicted molar refractivity (Wildman–Crippen MR) is 102 cm³/mol. The van der Waals surface area contributed by atoms with Crippen molar-refractivity contribution in [3.8, 4) is 6.07 Å². The lowest BCUT2D eigenvalue weighted by molar-refractivity contribution is 0.130. The van der Waals surface area contributed by atoms with Crippen molar-refractivity contribution in [3.05, 3.63) is 16.0 Å². The molecule has 3 atom stereocenters. The zero-order valence-corrected chi connectivity index (χ0v) is 16.0. The fourth-order valence-corrected chi connectivity index (χ4v) is 5.79. The number of aliphatic hydroxyl groups excluding tert-OH is 1. The van der Waals surface area contributed by atoms with E-state index in [-0.39, 0.29) is 18.1 Å². The van der Waals surface area contributed by atoms with Crippen LogP contribution in [0.4, 0.5) is 9.80 Å². The van der Waals surface area contributed by atoms with Crippen LogP contribution < -0.4 is 10.2 Å². The van der Waals surface area contributed by atoms with Gasteiger partial charge in [0, 0.05) is 30.6 Å². The summed E-state index contributed by atoms with van der Waals surface area (Å²) in [5.74, 6) is 0. The number of thiophene rings is 1. The zero-order valence-electron chi connectivity index (χ0n) is 15.2. The third-order valence-electron chi connectivity index (χ3n) is 6.04. The summed E-state index contributed by atoms with van der Waals surface area (Å²) in [6.07, 6.45) is 5.64. The molecular formula is C19H26N4O2S. The van der Waals surface area contributed by atoms with Crippen LogP contribution >= 0.6 is 11.3 Å². The maximum Gasteiger partial charge on any atom is 0.318 e. The van der Waals surface area contributed by atoms with Gasteiger partial charge >= 0.3 is 6.03 Å². The summed E-state index contributed by atoms with van der Waals surface area (Å²) in [4.78, 5) is 17.9. The van der Waals surface area contributed by atoms with Crippen molar-refractivity contribution in [1.82, 2.24) is 10.2 Å². The molecule has 1 aromatic rings. The van der Waals surface area contributed by atoms with Crippen LogP contribution in [0.1, 0.15) is 48.6 Å². The average Bonchev–Trinajstić information content (AvgIpc) is 3.32. The molecular weight excluding hydrogens is 348 g/mol. The maximum absolute atomic E-state index is 12.5. The number of aryl methyl sites for hydroxylation is 1. The Bertz CT molecular complexity index is 741. The monoisotopic (exact) mass is 374 g/mol. The molecule has 2 fully saturated rings. The van der Waals surface area contributed by atoms with Crippen molar-refractivity contribution in [2.75, 3.05) is 24.5 Å². The molecule has 1 unspecified atom stereocenters. The molecule has 1 aliphatic carbocycles. The third-order valence-corrected chi connectivity index (χ3v) is 7.40. The van der Waals surface area contributed by atoms with Gasteiger partial charge in [0.2, 0.25) is 0 Å². The number of hydrogen-bond acceptors (Lipinski definition) is 5. The van der Waals surface area contributed by atoms with Crippen LogP contribution in [0.3, 0.4) is 0 Å². The molecule has 0 radical (unpaired) electrons. The van der Waals surface area contributed by atoms with E-state index < -0.39 is 6.10 Å². The molecule has 0 bridgehead atoms. The van der Waals surface area contributed by atoms with E-state index in [1.54, 1.807) is 16.2 Å². The molecule has 2 amide bonds. The molecule has 4 rings (SSSR count). The molecule has 3 aliphatic rings. The van der Waals surface area contributed by atoms with Crippen molar-refractivity contribution in [1.29, 1.82) is 5.26 Å². The first kappa shape index (κ1) is 17.6. The van der Waals surface area contributed by atoms with E-state index in [0.717, 1.165) is 42.9 Å². The maximum atomic E-state index is 12.5. The van der Waals surface area contributed by atoms with Gasteiger partial charge in [0.05, 0.1) is 17.7 Å². The van der Waals surface area contributed by atoms with E-state index in [4.69, 9.17) is 0 Å². The van der Waals surface area contributed by atoms with Crippen LogP contribution in [-0.4, -0.2) is 53.9 Å². The van der Waals surface area contributed by atoms with Gasteiger partial charge in [-0.15, -0.1) is 11.3 Å². The first-order valence-corrected chi connectivity index (χ1v) is 10.4. The van der Waals surface area contributed by atoms with E-state index >= 15 is 0 Å². The quantitative estimate of drug-likeness (QED) is 0.832. The van der Waals surface area contributed by atoms with Crippen molar-refractivity contribution in [3.63, 3.8) is 0 Å². The van der Waals surface area contributed by atoms with Gasteiger partial charge in [-0.1, -0.05) is 0 Å². The van der Waals surface area contributed by atoms with Crippen LogP contribution in [0.25, 0.3) is 0 Å². The summed E-state index contributed by atoms with van der Waals surface area (Å²) < 4.78 is 0. The second-order valence-corrected chi connectivity index (χ2v) is 8.76. The lowest BCUT2D eigenvalue weighted by atomic mass is 9.96. The van der Waals surface area contributed by atoms with Crippen molar-refractivity contribution in [2.24, 2.45) is 0 Å². The number of carbonyl (C=O) groups excluding carboxylic acids is 1. The number of nitrogens with zero attached hydrogens (tertiary/aromatic N) is 3. The Balaban J connectivity index is 1.42. The molecule has 2 N–H and O–H groups in total. The normalized spacial score (nSPS) is 28.1. The van der Waals surface area contributed by atoms with E-state index in [1.165, 1.54) is 23.3 Å². The van der Waals surface area contributed by atoms with Crippen LogP contribution in [0.5, 0.6) is 0 Å². The molecule has 2 aliphatic heterocycles. The number of urea groups is 1. The summed E-state index contributed by atoms with van der Waals surface area (Å²) in [5, 5.41) is 23.7. The first-order chi connectivity index (χ1) is 12.6. The number of likely N-dealkylation sites (tertiary alicyclic amines) is 1. The topological polar surface area (TPSA) is 79.6 Å².